The van der Waals surface area contributed by atoms with E-state index >= 15 is 0 Å². The summed E-state index contributed by atoms with van der Waals surface area (Å²) in [5.74, 6) is 0.0168. The molecule has 0 aromatic carbocycles. The van der Waals surface area contributed by atoms with Crippen LogP contribution in [0.2, 0.25) is 0 Å². The number of morpholine rings is 1. The van der Waals surface area contributed by atoms with E-state index in [1.165, 1.54) is 4.88 Å². The predicted octanol–water partition coefficient (Wildman–Crippen LogP) is 0.774. The Kier molecular flexibility index (Phi) is 5.76. The highest BCUT2D eigenvalue weighted by Crippen LogP contribution is 2.07. The summed E-state index contributed by atoms with van der Waals surface area (Å²) < 4.78 is 5.22. The molecule has 1 aliphatic rings. The molecule has 1 aromatic heterocycles. The molecule has 16 heavy (non-hydrogen) atoms. The quantitative estimate of drug-likeness (QED) is 0.846. The van der Waals surface area contributed by atoms with Gasteiger partial charge in [-0.1, -0.05) is 6.07 Å². The van der Waals surface area contributed by atoms with Gasteiger partial charge in [0.15, 0.2) is 0 Å². The fourth-order valence-corrected chi connectivity index (χ4v) is 2.09. The maximum Gasteiger partial charge on any atom is 0.239 e. The van der Waals surface area contributed by atoms with Gasteiger partial charge in [-0.3, -0.25) is 4.79 Å². The monoisotopic (exact) mass is 262 g/mol. The van der Waals surface area contributed by atoms with Crippen molar-refractivity contribution >= 4 is 29.7 Å². The minimum absolute atomic E-state index is 0. The first-order valence-electron chi connectivity index (χ1n) is 4.97. The van der Waals surface area contributed by atoms with Crippen molar-refractivity contribution in [3.63, 3.8) is 0 Å². The molecule has 1 saturated heterocycles. The Morgan fingerprint density at radius 2 is 2.56 bits per heavy atom. The number of thiophene rings is 1. The maximum absolute atomic E-state index is 11.6. The number of carbonyl (C=O) groups excluding carboxylic acids is 1. The van der Waals surface area contributed by atoms with Gasteiger partial charge in [-0.15, -0.1) is 23.7 Å². The van der Waals surface area contributed by atoms with Crippen LogP contribution in [0.25, 0.3) is 0 Å². The predicted molar refractivity (Wildman–Crippen MR) is 66.0 cm³/mol. The van der Waals surface area contributed by atoms with Crippen LogP contribution < -0.4 is 10.6 Å². The van der Waals surface area contributed by atoms with Crippen LogP contribution in [0.3, 0.4) is 0 Å². The third-order valence-electron chi connectivity index (χ3n) is 2.26. The van der Waals surface area contributed by atoms with Crippen LogP contribution in [0, 0.1) is 0 Å². The summed E-state index contributed by atoms with van der Waals surface area (Å²) >= 11 is 1.65. The average Bonchev–Trinajstić information content (AvgIpc) is 2.80. The van der Waals surface area contributed by atoms with Crippen LogP contribution in [-0.4, -0.2) is 31.7 Å². The van der Waals surface area contributed by atoms with E-state index in [-0.39, 0.29) is 24.4 Å². The molecular formula is C10H15ClN2O2S. The molecule has 0 saturated carbocycles. The normalized spacial score (nSPS) is 19.9. The van der Waals surface area contributed by atoms with E-state index in [1.807, 2.05) is 17.5 Å². The van der Waals surface area contributed by atoms with Gasteiger partial charge in [0.25, 0.3) is 0 Å². The highest BCUT2D eigenvalue weighted by Gasteiger charge is 2.20. The largest absolute Gasteiger partial charge is 0.378 e. The van der Waals surface area contributed by atoms with Crippen molar-refractivity contribution in [2.75, 3.05) is 19.8 Å². The second kappa shape index (κ2) is 6.85. The molecule has 1 atom stereocenters. The van der Waals surface area contributed by atoms with Crippen molar-refractivity contribution < 1.29 is 9.53 Å². The maximum atomic E-state index is 11.6. The highest BCUT2D eigenvalue weighted by molar-refractivity contribution is 7.09. The van der Waals surface area contributed by atoms with E-state index in [4.69, 9.17) is 4.74 Å². The summed E-state index contributed by atoms with van der Waals surface area (Å²) in [5.41, 5.74) is 0. The van der Waals surface area contributed by atoms with Crippen LogP contribution >= 0.6 is 23.7 Å². The molecule has 6 heteroatoms. The molecular weight excluding hydrogens is 248 g/mol. The van der Waals surface area contributed by atoms with Crippen LogP contribution in [-0.2, 0) is 16.1 Å². The number of halogens is 1. The van der Waals surface area contributed by atoms with Crippen LogP contribution in [0.5, 0.6) is 0 Å². The lowest BCUT2D eigenvalue weighted by molar-refractivity contribution is -0.126. The first kappa shape index (κ1) is 13.4. The first-order chi connectivity index (χ1) is 7.36. The van der Waals surface area contributed by atoms with Gasteiger partial charge in [-0.05, 0) is 11.4 Å². The van der Waals surface area contributed by atoms with Gasteiger partial charge in [0.1, 0.15) is 6.04 Å². The van der Waals surface area contributed by atoms with Crippen LogP contribution in [0.1, 0.15) is 4.88 Å². The number of rotatable bonds is 3. The Balaban J connectivity index is 0.00000128. The molecule has 0 spiro atoms. The van der Waals surface area contributed by atoms with E-state index in [0.717, 1.165) is 6.54 Å². The second-order valence-corrected chi connectivity index (χ2v) is 4.41. The lowest BCUT2D eigenvalue weighted by Crippen LogP contribution is -2.50. The summed E-state index contributed by atoms with van der Waals surface area (Å²) in [4.78, 5) is 12.8. The van der Waals surface area contributed by atoms with Crippen molar-refractivity contribution in [2.45, 2.75) is 12.6 Å². The molecule has 0 aliphatic carbocycles. The van der Waals surface area contributed by atoms with Gasteiger partial charge < -0.3 is 15.4 Å². The molecule has 1 unspecified atom stereocenters. The van der Waals surface area contributed by atoms with Crippen LogP contribution in [0.15, 0.2) is 17.5 Å². The van der Waals surface area contributed by atoms with E-state index in [1.54, 1.807) is 11.3 Å². The molecule has 90 valence electrons. The van der Waals surface area contributed by atoms with E-state index < -0.39 is 0 Å². The Labute approximate surface area is 105 Å². The molecule has 2 N–H and O–H groups in total. The fourth-order valence-electron chi connectivity index (χ4n) is 1.44. The molecule has 0 bridgehead atoms. The van der Waals surface area contributed by atoms with Crippen molar-refractivity contribution in [1.82, 2.24) is 10.6 Å². The first-order valence-corrected chi connectivity index (χ1v) is 5.85. The van der Waals surface area contributed by atoms with Gasteiger partial charge in [-0.2, -0.15) is 0 Å². The molecule has 0 radical (unpaired) electrons. The van der Waals surface area contributed by atoms with Crippen molar-refractivity contribution in [1.29, 1.82) is 0 Å². The number of amides is 1. The molecule has 2 rings (SSSR count). The number of carbonyl (C=O) groups is 1. The number of nitrogens with one attached hydrogen (secondary N) is 2. The van der Waals surface area contributed by atoms with Gasteiger partial charge in [0, 0.05) is 11.4 Å². The van der Waals surface area contributed by atoms with Crippen molar-refractivity contribution in [3.05, 3.63) is 22.4 Å². The van der Waals surface area contributed by atoms with E-state index in [2.05, 4.69) is 10.6 Å². The molecule has 4 nitrogen and oxygen atoms in total. The minimum atomic E-state index is -0.196. The lowest BCUT2D eigenvalue weighted by Gasteiger charge is -2.22. The average molecular weight is 263 g/mol. The smallest absolute Gasteiger partial charge is 0.239 e. The molecule has 1 aromatic rings. The fraction of sp³-hybridized carbons (Fsp3) is 0.500. The van der Waals surface area contributed by atoms with Crippen molar-refractivity contribution in [2.24, 2.45) is 0 Å². The molecule has 1 aliphatic heterocycles. The number of hydrogen-bond donors (Lipinski definition) is 2. The zero-order chi connectivity index (χ0) is 10.5. The van der Waals surface area contributed by atoms with Gasteiger partial charge in [-0.25, -0.2) is 0 Å². The zero-order valence-corrected chi connectivity index (χ0v) is 10.4. The third kappa shape index (κ3) is 3.75. The summed E-state index contributed by atoms with van der Waals surface area (Å²) in [6.07, 6.45) is 0. The summed E-state index contributed by atoms with van der Waals surface area (Å²) in [5, 5.41) is 8.00. The zero-order valence-electron chi connectivity index (χ0n) is 8.77. The van der Waals surface area contributed by atoms with Gasteiger partial charge in [0.2, 0.25) is 5.91 Å². The third-order valence-corrected chi connectivity index (χ3v) is 3.13. The van der Waals surface area contributed by atoms with Gasteiger partial charge in [0.05, 0.1) is 19.8 Å². The topological polar surface area (TPSA) is 50.4 Å². The summed E-state index contributed by atoms with van der Waals surface area (Å²) in [6.45, 7) is 2.51. The number of hydrogen-bond acceptors (Lipinski definition) is 4. The van der Waals surface area contributed by atoms with E-state index in [0.29, 0.717) is 19.8 Å². The minimum Gasteiger partial charge on any atom is -0.378 e. The Hall–Kier alpha value is -0.620. The number of ether oxygens (including phenoxy) is 1. The summed E-state index contributed by atoms with van der Waals surface area (Å²) in [7, 11) is 0. The summed E-state index contributed by atoms with van der Waals surface area (Å²) in [6, 6.07) is 3.79. The molecule has 1 fully saturated rings. The molecule has 1 amide bonds. The SMILES string of the molecule is Cl.O=C(NCc1cccs1)C1COCCN1. The standard InChI is InChI=1S/C10H14N2O2S.ClH/c13-10(9-7-14-4-3-11-9)12-6-8-2-1-5-15-8;/h1-2,5,9,11H,3-4,6-7H2,(H,12,13);1H. The van der Waals surface area contributed by atoms with Crippen molar-refractivity contribution in [3.8, 4) is 0 Å². The Bertz CT molecular complexity index is 313. The van der Waals surface area contributed by atoms with Crippen LogP contribution in [0.4, 0.5) is 0 Å². The Morgan fingerprint density at radius 3 is 3.19 bits per heavy atom. The second-order valence-electron chi connectivity index (χ2n) is 3.38. The van der Waals surface area contributed by atoms with Gasteiger partial charge >= 0.3 is 0 Å². The molecule has 2 heterocycles. The highest BCUT2D eigenvalue weighted by atomic mass is 35.5. The Morgan fingerprint density at radius 1 is 1.69 bits per heavy atom. The lowest BCUT2D eigenvalue weighted by atomic mass is 10.2. The van der Waals surface area contributed by atoms with E-state index in [9.17, 15) is 4.79 Å².